The number of rotatable bonds is 6. The van der Waals surface area contributed by atoms with Crippen LogP contribution in [0.25, 0.3) is 0 Å². The van der Waals surface area contributed by atoms with Crippen molar-refractivity contribution in [1.29, 1.82) is 0 Å². The van der Waals surface area contributed by atoms with Gasteiger partial charge in [0, 0.05) is 11.4 Å². The van der Waals surface area contributed by atoms with Gasteiger partial charge in [-0.1, -0.05) is 26.1 Å². The Bertz CT molecular complexity index is 735. The van der Waals surface area contributed by atoms with E-state index in [1.54, 1.807) is 0 Å². The number of amides is 3. The zero-order chi connectivity index (χ0) is 21.2. The van der Waals surface area contributed by atoms with E-state index < -0.39 is 0 Å². The number of nitrogens with one attached hydrogen (secondary N) is 4. The molecule has 0 aromatic heterocycles. The zero-order valence-corrected chi connectivity index (χ0v) is 16.5. The third kappa shape index (κ3) is 8.12. The van der Waals surface area contributed by atoms with Gasteiger partial charge in [-0.25, -0.2) is 0 Å². The minimum absolute atomic E-state index is 0. The third-order valence-corrected chi connectivity index (χ3v) is 4.67. The van der Waals surface area contributed by atoms with Crippen LogP contribution in [0.5, 0.6) is 0 Å². The van der Waals surface area contributed by atoms with Crippen LogP contribution >= 0.6 is 0 Å². The molecular formula is C21H34N6O3. The van der Waals surface area contributed by atoms with Gasteiger partial charge < -0.3 is 32.7 Å². The monoisotopic (exact) mass is 418 g/mol. The van der Waals surface area contributed by atoms with Gasteiger partial charge in [0.1, 0.15) is 6.04 Å². The molecule has 0 radical (unpaired) electrons. The number of unbranched alkanes of at least 4 members (excludes halogenated alkanes) is 1. The number of carbonyl (C=O) groups excluding carboxylic acids is 3. The Kier molecular flexibility index (Phi) is 10.4. The normalized spacial score (nSPS) is 20.4. The van der Waals surface area contributed by atoms with Crippen LogP contribution in [0.15, 0.2) is 36.5 Å². The van der Waals surface area contributed by atoms with Crippen molar-refractivity contribution in [2.24, 2.45) is 5.73 Å². The number of piperazine rings is 2. The van der Waals surface area contributed by atoms with Crippen molar-refractivity contribution >= 4 is 23.4 Å². The highest BCUT2D eigenvalue weighted by atomic mass is 16.2. The summed E-state index contributed by atoms with van der Waals surface area (Å²) in [5, 5.41) is 11.0. The molecule has 30 heavy (non-hydrogen) atoms. The van der Waals surface area contributed by atoms with Gasteiger partial charge in [0.05, 0.1) is 19.1 Å². The first-order valence-electron chi connectivity index (χ1n) is 9.72. The van der Waals surface area contributed by atoms with Crippen LogP contribution in [0.1, 0.15) is 32.3 Å². The maximum absolute atomic E-state index is 11.2. The molecule has 9 nitrogen and oxygen atoms in total. The van der Waals surface area contributed by atoms with Gasteiger partial charge in [0.15, 0.2) is 0 Å². The largest absolute Gasteiger partial charge is 0.399 e. The molecule has 0 bridgehead atoms. The van der Waals surface area contributed by atoms with Crippen LogP contribution in [0, 0.1) is 0 Å². The Hall–Kier alpha value is -3.07. The molecule has 8 N–H and O–H groups in total. The van der Waals surface area contributed by atoms with Gasteiger partial charge in [-0.3, -0.25) is 14.4 Å². The summed E-state index contributed by atoms with van der Waals surface area (Å²) in [5.41, 5.74) is 13.7. The van der Waals surface area contributed by atoms with E-state index >= 15 is 0 Å². The summed E-state index contributed by atoms with van der Waals surface area (Å²) in [4.78, 5) is 33.3. The smallest absolute Gasteiger partial charge is 0.243 e. The molecular weight excluding hydrogens is 384 g/mol. The highest BCUT2D eigenvalue weighted by Gasteiger charge is 2.24. The van der Waals surface area contributed by atoms with E-state index in [-0.39, 0.29) is 43.8 Å². The SMILES string of the molecule is C.C=C1NCC(=O)NC1Cc1ccc(N)cc1.NCCCCC1NC(=O)CNC1=O. The van der Waals surface area contributed by atoms with Crippen molar-refractivity contribution in [3.63, 3.8) is 0 Å². The Labute approximate surface area is 178 Å². The lowest BCUT2D eigenvalue weighted by atomic mass is 10.0. The highest BCUT2D eigenvalue weighted by Crippen LogP contribution is 2.12. The molecule has 1 aromatic carbocycles. The summed E-state index contributed by atoms with van der Waals surface area (Å²) in [5.74, 6) is -0.193. The van der Waals surface area contributed by atoms with Crippen molar-refractivity contribution in [2.75, 3.05) is 25.4 Å². The lowest BCUT2D eigenvalue weighted by molar-refractivity contribution is -0.133. The number of nitrogens with two attached hydrogens (primary N) is 2. The molecule has 3 amide bonds. The van der Waals surface area contributed by atoms with Gasteiger partial charge in [0.2, 0.25) is 17.7 Å². The second kappa shape index (κ2) is 12.5. The molecule has 2 fully saturated rings. The van der Waals surface area contributed by atoms with E-state index in [0.29, 0.717) is 19.5 Å². The molecule has 3 rings (SSSR count). The second-order valence-corrected chi connectivity index (χ2v) is 7.07. The van der Waals surface area contributed by atoms with E-state index in [1.165, 1.54) is 0 Å². The molecule has 0 spiro atoms. The first kappa shape index (κ1) is 25.0. The molecule has 2 heterocycles. The van der Waals surface area contributed by atoms with Crippen LogP contribution < -0.4 is 32.7 Å². The van der Waals surface area contributed by atoms with E-state index in [2.05, 4.69) is 27.8 Å². The molecule has 9 heteroatoms. The van der Waals surface area contributed by atoms with Crippen LogP contribution in [0.2, 0.25) is 0 Å². The van der Waals surface area contributed by atoms with Crippen molar-refractivity contribution in [2.45, 2.75) is 45.2 Å². The quantitative estimate of drug-likeness (QED) is 0.278. The molecule has 2 saturated heterocycles. The predicted octanol–water partition coefficient (Wildman–Crippen LogP) is -0.221. The van der Waals surface area contributed by atoms with Gasteiger partial charge in [-0.2, -0.15) is 0 Å². The third-order valence-electron chi connectivity index (χ3n) is 4.67. The van der Waals surface area contributed by atoms with Crippen LogP contribution in [-0.2, 0) is 20.8 Å². The average molecular weight is 419 g/mol. The minimum Gasteiger partial charge on any atom is -0.399 e. The molecule has 1 aromatic rings. The zero-order valence-electron chi connectivity index (χ0n) is 16.5. The summed E-state index contributed by atoms with van der Waals surface area (Å²) in [6.07, 6.45) is 3.17. The summed E-state index contributed by atoms with van der Waals surface area (Å²) in [6, 6.07) is 7.25. The fourth-order valence-corrected chi connectivity index (χ4v) is 3.01. The van der Waals surface area contributed by atoms with Crippen LogP contribution in [0.3, 0.4) is 0 Å². The van der Waals surface area contributed by atoms with Crippen LogP contribution in [0.4, 0.5) is 5.69 Å². The molecule has 0 saturated carbocycles. The Morgan fingerprint density at radius 3 is 2.17 bits per heavy atom. The van der Waals surface area contributed by atoms with E-state index in [1.807, 2.05) is 24.3 Å². The molecule has 2 atom stereocenters. The Morgan fingerprint density at radius 1 is 0.933 bits per heavy atom. The fourth-order valence-electron chi connectivity index (χ4n) is 3.01. The lowest BCUT2D eigenvalue weighted by Gasteiger charge is -2.27. The predicted molar refractivity (Wildman–Crippen MR) is 118 cm³/mol. The first-order chi connectivity index (χ1) is 13.9. The number of benzene rings is 1. The van der Waals surface area contributed by atoms with Crippen molar-refractivity contribution in [3.05, 3.63) is 42.1 Å². The molecule has 2 unspecified atom stereocenters. The number of nitrogen functional groups attached to an aromatic ring is 1. The Morgan fingerprint density at radius 2 is 1.53 bits per heavy atom. The standard InChI is InChI=1S/C12H15N3O.C8H15N3O2.CH4/c1-8-11(15-12(16)7-14-8)6-9-2-4-10(13)5-3-9;9-4-2-1-3-6-8(13)10-5-7(12)11-6;/h2-5,11,14H,1,6-7,13H2,(H,15,16);6H,1-5,9H2,(H,10,13)(H,11,12);1H4. The first-order valence-corrected chi connectivity index (χ1v) is 9.72. The molecule has 0 aliphatic carbocycles. The van der Waals surface area contributed by atoms with Crippen molar-refractivity contribution < 1.29 is 14.4 Å². The summed E-state index contributed by atoms with van der Waals surface area (Å²) < 4.78 is 0. The van der Waals surface area contributed by atoms with Crippen molar-refractivity contribution in [3.8, 4) is 0 Å². The molecule has 2 aliphatic rings. The van der Waals surface area contributed by atoms with E-state index in [9.17, 15) is 14.4 Å². The summed E-state index contributed by atoms with van der Waals surface area (Å²) >= 11 is 0. The maximum atomic E-state index is 11.2. The average Bonchev–Trinajstić information content (AvgIpc) is 2.70. The molecule has 166 valence electrons. The number of hydrogen-bond donors (Lipinski definition) is 6. The van der Waals surface area contributed by atoms with E-state index in [0.717, 1.165) is 36.2 Å². The van der Waals surface area contributed by atoms with Crippen molar-refractivity contribution in [1.82, 2.24) is 21.3 Å². The fraction of sp³-hybridized carbons (Fsp3) is 0.476. The number of anilines is 1. The second-order valence-electron chi connectivity index (χ2n) is 7.07. The van der Waals surface area contributed by atoms with Gasteiger partial charge in [0.25, 0.3) is 0 Å². The van der Waals surface area contributed by atoms with Crippen LogP contribution in [-0.4, -0.2) is 49.4 Å². The number of hydrogen-bond acceptors (Lipinski definition) is 6. The highest BCUT2D eigenvalue weighted by molar-refractivity contribution is 5.94. The Balaban J connectivity index is 0.000000297. The maximum Gasteiger partial charge on any atom is 0.243 e. The van der Waals surface area contributed by atoms with E-state index in [4.69, 9.17) is 11.5 Å². The summed E-state index contributed by atoms with van der Waals surface area (Å²) in [6.45, 7) is 4.94. The van der Waals surface area contributed by atoms with Gasteiger partial charge in [-0.15, -0.1) is 0 Å². The minimum atomic E-state index is -0.354. The molecule has 2 aliphatic heterocycles. The van der Waals surface area contributed by atoms with Gasteiger partial charge in [-0.05, 0) is 49.9 Å². The lowest BCUT2D eigenvalue weighted by Crippen LogP contribution is -2.56. The topological polar surface area (TPSA) is 151 Å². The van der Waals surface area contributed by atoms with Gasteiger partial charge >= 0.3 is 0 Å². The summed E-state index contributed by atoms with van der Waals surface area (Å²) in [7, 11) is 0. The number of carbonyl (C=O) groups is 3.